The number of nitrogens with zero attached hydrogens (tertiary/aromatic N) is 1. The van der Waals surface area contributed by atoms with E-state index in [4.69, 9.17) is 10.4 Å². The summed E-state index contributed by atoms with van der Waals surface area (Å²) in [4.78, 5) is 0. The van der Waals surface area contributed by atoms with Gasteiger partial charge in [0.05, 0.1) is 6.07 Å². The third-order valence-corrected chi connectivity index (χ3v) is 2.16. The number of hydrogen-bond donors (Lipinski definition) is 2. The molecule has 1 aromatic carbocycles. The average Bonchev–Trinajstić information content (AvgIpc) is 2.25. The molecular formula is C11H11F3N2O. The van der Waals surface area contributed by atoms with Crippen LogP contribution >= 0.6 is 0 Å². The highest BCUT2D eigenvalue weighted by Crippen LogP contribution is 2.24. The van der Waals surface area contributed by atoms with Gasteiger partial charge in [0, 0.05) is 13.1 Å². The van der Waals surface area contributed by atoms with Gasteiger partial charge in [-0.3, -0.25) is 0 Å². The number of benzene rings is 1. The standard InChI is InChI=1S/C11H11F3N2O/c12-11(13,14)9(5-15)7-16-6-8-1-3-10(17)4-2-8/h1-4,9,16-17H,6-7H2. The zero-order valence-corrected chi connectivity index (χ0v) is 8.83. The van der Waals surface area contributed by atoms with Crippen molar-refractivity contribution in [3.63, 3.8) is 0 Å². The molecule has 1 aromatic rings. The first-order valence-corrected chi connectivity index (χ1v) is 4.88. The second-order valence-corrected chi connectivity index (χ2v) is 3.52. The van der Waals surface area contributed by atoms with Gasteiger partial charge in [0.1, 0.15) is 5.75 Å². The Labute approximate surface area is 96.5 Å². The number of phenols is 1. The molecule has 0 aliphatic rings. The predicted octanol–water partition coefficient (Wildman–Crippen LogP) is 2.18. The Morgan fingerprint density at radius 1 is 1.29 bits per heavy atom. The zero-order valence-electron chi connectivity index (χ0n) is 8.83. The van der Waals surface area contributed by atoms with Crippen molar-refractivity contribution in [2.24, 2.45) is 5.92 Å². The van der Waals surface area contributed by atoms with Crippen molar-refractivity contribution in [2.45, 2.75) is 12.7 Å². The maximum absolute atomic E-state index is 12.2. The number of aromatic hydroxyl groups is 1. The topological polar surface area (TPSA) is 56.0 Å². The number of halogens is 3. The van der Waals surface area contributed by atoms with E-state index in [-0.39, 0.29) is 12.3 Å². The van der Waals surface area contributed by atoms with Gasteiger partial charge in [0.2, 0.25) is 0 Å². The molecule has 0 aliphatic carbocycles. The van der Waals surface area contributed by atoms with Gasteiger partial charge in [-0.05, 0) is 17.7 Å². The molecule has 0 amide bonds. The highest BCUT2D eigenvalue weighted by atomic mass is 19.4. The number of nitriles is 1. The zero-order chi connectivity index (χ0) is 12.9. The Kier molecular flexibility index (Phi) is 4.35. The van der Waals surface area contributed by atoms with E-state index >= 15 is 0 Å². The van der Waals surface area contributed by atoms with Crippen LogP contribution < -0.4 is 5.32 Å². The predicted molar refractivity (Wildman–Crippen MR) is 55.0 cm³/mol. The molecule has 0 fully saturated rings. The summed E-state index contributed by atoms with van der Waals surface area (Å²) in [6, 6.07) is 7.29. The van der Waals surface area contributed by atoms with Crippen LogP contribution in [0.2, 0.25) is 0 Å². The number of hydrogen-bond acceptors (Lipinski definition) is 3. The molecule has 0 saturated heterocycles. The van der Waals surface area contributed by atoms with E-state index in [1.54, 1.807) is 12.1 Å². The molecule has 1 atom stereocenters. The summed E-state index contributed by atoms with van der Waals surface area (Å²) in [6.07, 6.45) is -4.50. The summed E-state index contributed by atoms with van der Waals surface area (Å²) < 4.78 is 36.6. The van der Waals surface area contributed by atoms with E-state index in [0.29, 0.717) is 0 Å². The van der Waals surface area contributed by atoms with Crippen LogP contribution in [-0.2, 0) is 6.54 Å². The summed E-state index contributed by atoms with van der Waals surface area (Å²) in [7, 11) is 0. The van der Waals surface area contributed by atoms with Crippen molar-refractivity contribution in [3.05, 3.63) is 29.8 Å². The molecule has 6 heteroatoms. The lowest BCUT2D eigenvalue weighted by molar-refractivity contribution is -0.157. The van der Waals surface area contributed by atoms with Crippen LogP contribution in [0.15, 0.2) is 24.3 Å². The third kappa shape index (κ3) is 4.33. The Balaban J connectivity index is 2.42. The molecule has 1 unspecified atom stereocenters. The fraction of sp³-hybridized carbons (Fsp3) is 0.364. The summed E-state index contributed by atoms with van der Waals surface area (Å²) in [5.74, 6) is -1.90. The van der Waals surface area contributed by atoms with E-state index in [9.17, 15) is 13.2 Å². The maximum Gasteiger partial charge on any atom is 0.405 e. The highest BCUT2D eigenvalue weighted by Gasteiger charge is 2.39. The molecule has 3 nitrogen and oxygen atoms in total. The fourth-order valence-corrected chi connectivity index (χ4v) is 1.21. The van der Waals surface area contributed by atoms with E-state index < -0.39 is 18.6 Å². The van der Waals surface area contributed by atoms with Crippen LogP contribution in [0.1, 0.15) is 5.56 Å². The minimum absolute atomic E-state index is 0.0962. The molecule has 17 heavy (non-hydrogen) atoms. The SMILES string of the molecule is N#CC(CNCc1ccc(O)cc1)C(F)(F)F. The molecule has 0 aromatic heterocycles. The van der Waals surface area contributed by atoms with Crippen LogP contribution in [-0.4, -0.2) is 17.8 Å². The Bertz CT molecular complexity index is 395. The first-order valence-electron chi connectivity index (χ1n) is 4.88. The van der Waals surface area contributed by atoms with Gasteiger partial charge in [-0.15, -0.1) is 0 Å². The molecule has 0 aliphatic heterocycles. The number of alkyl halides is 3. The van der Waals surface area contributed by atoms with E-state index in [0.717, 1.165) is 5.56 Å². The smallest absolute Gasteiger partial charge is 0.405 e. The second kappa shape index (κ2) is 5.55. The van der Waals surface area contributed by atoms with Crippen molar-refractivity contribution in [2.75, 3.05) is 6.54 Å². The Morgan fingerprint density at radius 3 is 2.35 bits per heavy atom. The molecule has 0 saturated carbocycles. The molecule has 2 N–H and O–H groups in total. The first kappa shape index (κ1) is 13.3. The Morgan fingerprint density at radius 2 is 1.88 bits per heavy atom. The lowest BCUT2D eigenvalue weighted by atomic mass is 10.1. The van der Waals surface area contributed by atoms with Crippen LogP contribution in [0, 0.1) is 17.2 Å². The Hall–Kier alpha value is -1.74. The number of nitrogens with one attached hydrogen (secondary N) is 1. The monoisotopic (exact) mass is 244 g/mol. The van der Waals surface area contributed by atoms with Gasteiger partial charge < -0.3 is 10.4 Å². The summed E-state index contributed by atoms with van der Waals surface area (Å²) >= 11 is 0. The van der Waals surface area contributed by atoms with Gasteiger partial charge in [-0.25, -0.2) is 0 Å². The van der Waals surface area contributed by atoms with Gasteiger partial charge in [-0.1, -0.05) is 12.1 Å². The van der Waals surface area contributed by atoms with Crippen molar-refractivity contribution in [1.82, 2.24) is 5.32 Å². The van der Waals surface area contributed by atoms with Crippen molar-refractivity contribution < 1.29 is 18.3 Å². The molecule has 92 valence electrons. The number of rotatable bonds is 4. The van der Waals surface area contributed by atoms with Gasteiger partial charge >= 0.3 is 6.18 Å². The van der Waals surface area contributed by atoms with E-state index in [1.165, 1.54) is 18.2 Å². The quantitative estimate of drug-likeness (QED) is 0.853. The maximum atomic E-state index is 12.2. The van der Waals surface area contributed by atoms with Gasteiger partial charge in [0.25, 0.3) is 0 Å². The van der Waals surface area contributed by atoms with Crippen LogP contribution in [0.4, 0.5) is 13.2 Å². The highest BCUT2D eigenvalue weighted by molar-refractivity contribution is 5.25. The molecule has 0 radical (unpaired) electrons. The van der Waals surface area contributed by atoms with Crippen molar-refractivity contribution in [3.8, 4) is 11.8 Å². The van der Waals surface area contributed by atoms with Crippen molar-refractivity contribution >= 4 is 0 Å². The first-order chi connectivity index (χ1) is 7.93. The van der Waals surface area contributed by atoms with E-state index in [1.807, 2.05) is 0 Å². The fourth-order valence-electron chi connectivity index (χ4n) is 1.21. The van der Waals surface area contributed by atoms with Crippen LogP contribution in [0.3, 0.4) is 0 Å². The van der Waals surface area contributed by atoms with Crippen LogP contribution in [0.25, 0.3) is 0 Å². The van der Waals surface area contributed by atoms with Crippen LogP contribution in [0.5, 0.6) is 5.75 Å². The lowest BCUT2D eigenvalue weighted by Crippen LogP contribution is -2.32. The summed E-state index contributed by atoms with van der Waals surface area (Å²) in [6.45, 7) is -0.227. The third-order valence-electron chi connectivity index (χ3n) is 2.16. The lowest BCUT2D eigenvalue weighted by Gasteiger charge is -2.13. The number of phenolic OH excluding ortho intramolecular Hbond substituents is 1. The largest absolute Gasteiger partial charge is 0.508 e. The molecular weight excluding hydrogens is 233 g/mol. The normalized spacial score (nSPS) is 13.1. The minimum Gasteiger partial charge on any atom is -0.508 e. The second-order valence-electron chi connectivity index (χ2n) is 3.52. The molecule has 0 bridgehead atoms. The van der Waals surface area contributed by atoms with E-state index in [2.05, 4.69) is 5.32 Å². The van der Waals surface area contributed by atoms with Crippen molar-refractivity contribution in [1.29, 1.82) is 5.26 Å². The minimum atomic E-state index is -4.50. The molecule has 1 rings (SSSR count). The average molecular weight is 244 g/mol. The summed E-state index contributed by atoms with van der Waals surface area (Å²) in [5, 5.41) is 19.9. The van der Waals surface area contributed by atoms with Gasteiger partial charge in [-0.2, -0.15) is 18.4 Å². The molecule has 0 spiro atoms. The summed E-state index contributed by atoms with van der Waals surface area (Å²) in [5.41, 5.74) is 0.738. The van der Waals surface area contributed by atoms with Gasteiger partial charge in [0.15, 0.2) is 5.92 Å². The molecule has 0 heterocycles.